The quantitative estimate of drug-likeness (QED) is 0.148. The van der Waals surface area contributed by atoms with E-state index < -0.39 is 7.81 Å². The summed E-state index contributed by atoms with van der Waals surface area (Å²) in [5.41, 5.74) is 4.19. The van der Waals surface area contributed by atoms with Crippen molar-refractivity contribution in [2.45, 2.75) is 42.9 Å². The van der Waals surface area contributed by atoms with E-state index in [1.807, 2.05) is 32.1 Å². The molecule has 8 heteroatoms. The maximum absolute atomic E-state index is 10.7. The largest absolute Gasteiger partial charge is 2.00 e. The van der Waals surface area contributed by atoms with Crippen LogP contribution >= 0.6 is 7.81 Å². The Kier molecular flexibility index (Phi) is 7.05. The van der Waals surface area contributed by atoms with E-state index in [1.54, 1.807) is 11.1 Å². The van der Waals surface area contributed by atoms with Crippen LogP contribution in [0, 0.1) is 32.1 Å². The minimum absolute atomic E-state index is 0. The van der Waals surface area contributed by atoms with Crippen molar-refractivity contribution in [1.29, 1.82) is 0 Å². The van der Waals surface area contributed by atoms with Crippen LogP contribution in [0.4, 0.5) is 25.2 Å². The minimum atomic E-state index is -10.7. The smallest absolute Gasteiger partial charge is 0.0312 e. The molecule has 0 aliphatic heterocycles. The maximum atomic E-state index is 9.87. The summed E-state index contributed by atoms with van der Waals surface area (Å²) in [5.74, 6) is 0. The maximum Gasteiger partial charge on any atom is 2.00 e. The Bertz CT molecular complexity index is 711. The van der Waals surface area contributed by atoms with E-state index in [9.17, 15) is 25.2 Å². The number of benzene rings is 1. The van der Waals surface area contributed by atoms with Gasteiger partial charge in [-0.05, 0) is 75.3 Å². The molecule has 0 bridgehead atoms. The van der Waals surface area contributed by atoms with Crippen molar-refractivity contribution >= 4 is 7.81 Å². The van der Waals surface area contributed by atoms with Gasteiger partial charge in [-0.15, -0.1) is 0 Å². The third-order valence-electron chi connectivity index (χ3n) is 5.67. The molecule has 165 valence electrons. The van der Waals surface area contributed by atoms with E-state index in [1.165, 1.54) is 32.1 Å². The van der Waals surface area contributed by atoms with Gasteiger partial charge in [0.25, 0.3) is 0 Å². The van der Waals surface area contributed by atoms with Gasteiger partial charge in [-0.2, -0.15) is 0 Å². The molecule has 0 saturated heterocycles. The van der Waals surface area contributed by atoms with Crippen LogP contribution < -0.4 is 0 Å². The van der Waals surface area contributed by atoms with Gasteiger partial charge in [0, 0.05) is 10.8 Å². The van der Waals surface area contributed by atoms with Crippen LogP contribution in [0.25, 0.3) is 0 Å². The van der Waals surface area contributed by atoms with Crippen LogP contribution in [0.1, 0.15) is 43.2 Å². The summed E-state index contributed by atoms with van der Waals surface area (Å²) in [5, 5.41) is 0. The van der Waals surface area contributed by atoms with Crippen molar-refractivity contribution in [3.63, 3.8) is 0 Å². The number of hydrogen-bond donors (Lipinski definition) is 0. The zero-order valence-corrected chi connectivity index (χ0v) is 18.1. The van der Waals surface area contributed by atoms with E-state index in [-0.39, 0.29) is 17.1 Å². The molecule has 0 nitrogen and oxygen atoms in total. The molecule has 0 unspecified atom stereocenters. The molecule has 30 heavy (non-hydrogen) atoms. The summed E-state index contributed by atoms with van der Waals surface area (Å²) >= 11 is 0. The second kappa shape index (κ2) is 8.30. The van der Waals surface area contributed by atoms with Crippen molar-refractivity contribution in [2.75, 3.05) is 0 Å². The minimum Gasteiger partial charge on any atom is -0.0312 e. The van der Waals surface area contributed by atoms with Gasteiger partial charge in [-0.3, -0.25) is 0 Å². The summed E-state index contributed by atoms with van der Waals surface area (Å²) in [6.07, 6.45) is 25.9. The molecular formula is C22H23F6FeP+. The third-order valence-corrected chi connectivity index (χ3v) is 5.67. The molecule has 0 amide bonds. The first-order valence-electron chi connectivity index (χ1n) is 9.43. The van der Waals surface area contributed by atoms with Gasteiger partial charge < -0.3 is 0 Å². The molecule has 1 aromatic rings. The van der Waals surface area contributed by atoms with E-state index in [0.29, 0.717) is 10.8 Å². The molecule has 0 heterocycles. The van der Waals surface area contributed by atoms with Gasteiger partial charge >= 0.3 is 50.1 Å². The molecule has 1 aromatic carbocycles. The molecule has 2 spiro atoms. The summed E-state index contributed by atoms with van der Waals surface area (Å²) < 4.78 is 59.2. The number of rotatable bonds is 0. The second-order valence-electron chi connectivity index (χ2n) is 7.96. The second-order valence-corrected chi connectivity index (χ2v) is 9.88. The van der Waals surface area contributed by atoms with E-state index in [2.05, 4.69) is 48.6 Å². The Balaban J connectivity index is 0.000000207. The molecule has 1 saturated carbocycles. The van der Waals surface area contributed by atoms with E-state index in [4.69, 9.17) is 0 Å². The standard InChI is InChI=1S/C17H18.C5H5.F6P.Fe/c1-2-8-15-14(7-1)16(9-3-4-10-16)13-17(15)11-5-6-12-17;1-2-4-5-3-1;1-7(2,3,4,5)6;/h1-8H,9-13H2;1-5H;;/q;;-1;+2. The summed E-state index contributed by atoms with van der Waals surface area (Å²) in [4.78, 5) is 0. The number of hydrogen-bond acceptors (Lipinski definition) is 0. The fraction of sp³-hybridized carbons (Fsp3) is 0.318. The van der Waals surface area contributed by atoms with Gasteiger partial charge in [0.15, 0.2) is 0 Å². The average Bonchev–Trinajstić information content (AvgIpc) is 3.39. The van der Waals surface area contributed by atoms with Gasteiger partial charge in [0.2, 0.25) is 0 Å². The van der Waals surface area contributed by atoms with E-state index >= 15 is 0 Å². The Morgan fingerprint density at radius 1 is 0.567 bits per heavy atom. The molecule has 4 aliphatic rings. The Morgan fingerprint density at radius 2 is 0.833 bits per heavy atom. The first-order chi connectivity index (χ1) is 13.3. The Morgan fingerprint density at radius 3 is 1.10 bits per heavy atom. The topological polar surface area (TPSA) is 0 Å². The molecule has 0 aromatic heterocycles. The SMILES string of the molecule is C1=CCC2(C1)CC1(CC=CC1)c1ccccc12.F[P-](F)(F)(F)(F)F.[CH]1[CH][CH][CH][CH]1.[Fe+2]. The van der Waals surface area contributed by atoms with Crippen LogP contribution in [-0.2, 0) is 27.9 Å². The number of fused-ring (bicyclic) bond motifs is 3. The fourth-order valence-electron chi connectivity index (χ4n) is 4.70. The molecule has 5 radical (unpaired) electrons. The fourth-order valence-corrected chi connectivity index (χ4v) is 4.70. The Labute approximate surface area is 184 Å². The van der Waals surface area contributed by atoms with Crippen molar-refractivity contribution < 1.29 is 42.3 Å². The summed E-state index contributed by atoms with van der Waals surface area (Å²) in [6.45, 7) is 0. The Hall–Kier alpha value is -0.771. The van der Waals surface area contributed by atoms with Crippen LogP contribution in [0.15, 0.2) is 48.6 Å². The van der Waals surface area contributed by atoms with Crippen LogP contribution in [-0.4, -0.2) is 0 Å². The van der Waals surface area contributed by atoms with Gasteiger partial charge in [0.05, 0.1) is 0 Å². The normalized spacial score (nSPS) is 24.2. The molecule has 0 atom stereocenters. The monoisotopic (exact) mass is 488 g/mol. The van der Waals surface area contributed by atoms with Crippen LogP contribution in [0.3, 0.4) is 0 Å². The molecular weight excluding hydrogens is 465 g/mol. The average molecular weight is 488 g/mol. The molecule has 5 rings (SSSR count). The van der Waals surface area contributed by atoms with Crippen LogP contribution in [0.5, 0.6) is 0 Å². The first kappa shape index (κ1) is 25.5. The third kappa shape index (κ3) is 7.14. The summed E-state index contributed by atoms with van der Waals surface area (Å²) in [7, 11) is -10.7. The number of allylic oxidation sites excluding steroid dienone is 4. The number of halogens is 6. The zero-order chi connectivity index (χ0) is 21.3. The van der Waals surface area contributed by atoms with Crippen molar-refractivity contribution in [1.82, 2.24) is 0 Å². The summed E-state index contributed by atoms with van der Waals surface area (Å²) in [6, 6.07) is 9.21. The van der Waals surface area contributed by atoms with Crippen molar-refractivity contribution in [2.24, 2.45) is 0 Å². The molecule has 1 fully saturated rings. The van der Waals surface area contributed by atoms with Gasteiger partial charge in [-0.25, -0.2) is 0 Å². The van der Waals surface area contributed by atoms with Gasteiger partial charge in [-0.1, -0.05) is 48.6 Å². The van der Waals surface area contributed by atoms with Crippen molar-refractivity contribution in [3.05, 3.63) is 91.8 Å². The predicted molar refractivity (Wildman–Crippen MR) is 106 cm³/mol. The van der Waals surface area contributed by atoms with Crippen molar-refractivity contribution in [3.8, 4) is 0 Å². The first-order valence-corrected chi connectivity index (χ1v) is 11.5. The van der Waals surface area contributed by atoms with E-state index in [0.717, 1.165) is 0 Å². The molecule has 4 aliphatic carbocycles. The van der Waals surface area contributed by atoms with Crippen LogP contribution in [0.2, 0.25) is 0 Å². The molecule has 0 N–H and O–H groups in total. The van der Waals surface area contributed by atoms with Gasteiger partial charge in [0.1, 0.15) is 0 Å². The predicted octanol–water partition coefficient (Wildman–Crippen LogP) is 8.67. The zero-order valence-electron chi connectivity index (χ0n) is 16.1.